The van der Waals surface area contributed by atoms with Crippen LogP contribution in [-0.4, -0.2) is 30.6 Å². The number of hydrogen-bond acceptors (Lipinski definition) is 5. The lowest BCUT2D eigenvalue weighted by molar-refractivity contribution is -0.140. The zero-order chi connectivity index (χ0) is 20.8. The summed E-state index contributed by atoms with van der Waals surface area (Å²) in [4.78, 5) is 48.3. The zero-order valence-corrected chi connectivity index (χ0v) is 16.3. The third-order valence-electron chi connectivity index (χ3n) is 4.99. The number of methoxy groups -OCH3 is 1. The van der Waals surface area contributed by atoms with E-state index in [9.17, 15) is 19.2 Å². The van der Waals surface area contributed by atoms with Crippen LogP contribution < -0.4 is 5.32 Å². The highest BCUT2D eigenvalue weighted by Gasteiger charge is 2.31. The van der Waals surface area contributed by atoms with Crippen LogP contribution in [0.4, 0.5) is 5.69 Å². The Labute approximate surface area is 169 Å². The van der Waals surface area contributed by atoms with Crippen LogP contribution in [0.3, 0.4) is 0 Å². The van der Waals surface area contributed by atoms with Crippen molar-refractivity contribution in [1.82, 2.24) is 0 Å². The van der Waals surface area contributed by atoms with Gasteiger partial charge in [0.25, 0.3) is 0 Å². The third-order valence-corrected chi connectivity index (χ3v) is 4.99. The van der Waals surface area contributed by atoms with Gasteiger partial charge in [-0.3, -0.25) is 19.2 Å². The van der Waals surface area contributed by atoms with Gasteiger partial charge in [0, 0.05) is 35.2 Å². The van der Waals surface area contributed by atoms with Gasteiger partial charge in [-0.1, -0.05) is 49.2 Å². The Morgan fingerprint density at radius 1 is 0.793 bits per heavy atom. The molecule has 0 bridgehead atoms. The van der Waals surface area contributed by atoms with Crippen molar-refractivity contribution in [3.8, 4) is 11.1 Å². The van der Waals surface area contributed by atoms with E-state index in [0.29, 0.717) is 47.2 Å². The van der Waals surface area contributed by atoms with Crippen molar-refractivity contribution < 1.29 is 23.9 Å². The summed E-state index contributed by atoms with van der Waals surface area (Å²) >= 11 is 0. The van der Waals surface area contributed by atoms with E-state index >= 15 is 0 Å². The maximum absolute atomic E-state index is 12.5. The first-order valence-corrected chi connectivity index (χ1v) is 9.71. The number of amides is 1. The second kappa shape index (κ2) is 9.28. The SMILES string of the molecule is COC(=O)CCCCCCC(=O)Nc1cccc2c1-c1ccccc1C(=O)C2=O. The normalized spacial score (nSPS) is 12.2. The second-order valence-corrected chi connectivity index (χ2v) is 6.97. The van der Waals surface area contributed by atoms with Crippen LogP contribution in [0.5, 0.6) is 0 Å². The van der Waals surface area contributed by atoms with Crippen LogP contribution in [0.2, 0.25) is 0 Å². The monoisotopic (exact) mass is 393 g/mol. The molecule has 2 aromatic carbocycles. The van der Waals surface area contributed by atoms with Crippen molar-refractivity contribution >= 4 is 29.1 Å². The fourth-order valence-electron chi connectivity index (χ4n) is 3.50. The molecule has 0 aromatic heterocycles. The van der Waals surface area contributed by atoms with E-state index in [1.165, 1.54) is 7.11 Å². The summed E-state index contributed by atoms with van der Waals surface area (Å²) in [6, 6.07) is 12.0. The Kier molecular flexibility index (Phi) is 6.54. The minimum Gasteiger partial charge on any atom is -0.469 e. The number of Topliss-reactive ketones (excluding diaryl/α,β-unsaturated/α-hetero) is 2. The summed E-state index contributed by atoms with van der Waals surface area (Å²) in [6.45, 7) is 0. The number of carbonyl (C=O) groups is 4. The van der Waals surface area contributed by atoms with Gasteiger partial charge in [-0.25, -0.2) is 0 Å². The number of fused-ring (bicyclic) bond motifs is 3. The number of unbranched alkanes of at least 4 members (excludes halogenated alkanes) is 3. The average molecular weight is 393 g/mol. The average Bonchev–Trinajstić information content (AvgIpc) is 2.74. The van der Waals surface area contributed by atoms with E-state index in [2.05, 4.69) is 10.1 Å². The molecule has 6 nitrogen and oxygen atoms in total. The fraction of sp³-hybridized carbons (Fsp3) is 0.304. The number of carbonyl (C=O) groups excluding carboxylic acids is 4. The van der Waals surface area contributed by atoms with Crippen LogP contribution in [-0.2, 0) is 14.3 Å². The molecule has 150 valence electrons. The molecule has 2 aromatic rings. The molecule has 1 aliphatic rings. The number of hydrogen-bond donors (Lipinski definition) is 1. The maximum atomic E-state index is 12.5. The van der Waals surface area contributed by atoms with E-state index in [0.717, 1.165) is 19.3 Å². The summed E-state index contributed by atoms with van der Waals surface area (Å²) in [6.07, 6.45) is 3.88. The third kappa shape index (κ3) is 4.59. The summed E-state index contributed by atoms with van der Waals surface area (Å²) in [5, 5.41) is 2.89. The highest BCUT2D eigenvalue weighted by atomic mass is 16.5. The van der Waals surface area contributed by atoms with Crippen LogP contribution >= 0.6 is 0 Å². The highest BCUT2D eigenvalue weighted by molar-refractivity contribution is 6.53. The van der Waals surface area contributed by atoms with Crippen molar-refractivity contribution in [3.63, 3.8) is 0 Å². The van der Waals surface area contributed by atoms with Crippen LogP contribution in [0, 0.1) is 0 Å². The summed E-state index contributed by atoms with van der Waals surface area (Å²) in [5.41, 5.74) is 2.46. The van der Waals surface area contributed by atoms with E-state index in [1.807, 2.05) is 0 Å². The van der Waals surface area contributed by atoms with Crippen molar-refractivity contribution in [2.45, 2.75) is 38.5 Å². The molecular formula is C23H23NO5. The van der Waals surface area contributed by atoms with Crippen LogP contribution in [0.25, 0.3) is 11.1 Å². The maximum Gasteiger partial charge on any atom is 0.305 e. The van der Waals surface area contributed by atoms with Gasteiger partial charge in [0.05, 0.1) is 7.11 Å². The van der Waals surface area contributed by atoms with Gasteiger partial charge in [0.1, 0.15) is 0 Å². The van der Waals surface area contributed by atoms with Crippen molar-refractivity contribution in [3.05, 3.63) is 53.6 Å². The molecule has 0 atom stereocenters. The molecule has 0 heterocycles. The first kappa shape index (κ1) is 20.5. The number of anilines is 1. The predicted molar refractivity (Wildman–Crippen MR) is 109 cm³/mol. The molecule has 0 saturated carbocycles. The first-order chi connectivity index (χ1) is 14.0. The van der Waals surface area contributed by atoms with Gasteiger partial charge in [-0.15, -0.1) is 0 Å². The van der Waals surface area contributed by atoms with Gasteiger partial charge in [-0.05, 0) is 24.5 Å². The molecule has 1 N–H and O–H groups in total. The quantitative estimate of drug-likeness (QED) is 0.413. The molecule has 0 fully saturated rings. The number of nitrogens with one attached hydrogen (secondary N) is 1. The molecule has 0 spiro atoms. The first-order valence-electron chi connectivity index (χ1n) is 9.71. The standard InChI is InChI=1S/C23H23NO5/c1-29-20(26)14-5-3-2-4-13-19(25)24-18-12-8-11-17-21(18)15-9-6-7-10-16(15)22(27)23(17)28/h6-12H,2-5,13-14H2,1H3,(H,24,25). The van der Waals surface area contributed by atoms with E-state index < -0.39 is 11.6 Å². The Morgan fingerprint density at radius 2 is 1.41 bits per heavy atom. The van der Waals surface area contributed by atoms with Crippen molar-refractivity contribution in [1.29, 1.82) is 0 Å². The molecule has 3 rings (SSSR count). The largest absolute Gasteiger partial charge is 0.469 e. The van der Waals surface area contributed by atoms with Crippen LogP contribution in [0.15, 0.2) is 42.5 Å². The lowest BCUT2D eigenvalue weighted by Gasteiger charge is -2.21. The van der Waals surface area contributed by atoms with Gasteiger partial charge >= 0.3 is 5.97 Å². The predicted octanol–water partition coefficient (Wildman–Crippen LogP) is 4.18. The Hall–Kier alpha value is -3.28. The van der Waals surface area contributed by atoms with E-state index in [4.69, 9.17) is 0 Å². The lowest BCUT2D eigenvalue weighted by Crippen LogP contribution is -2.22. The summed E-state index contributed by atoms with van der Waals surface area (Å²) in [7, 11) is 1.37. The second-order valence-electron chi connectivity index (χ2n) is 6.97. The van der Waals surface area contributed by atoms with Gasteiger partial charge in [0.15, 0.2) is 0 Å². The number of ether oxygens (including phenoxy) is 1. The molecule has 0 aliphatic heterocycles. The number of benzene rings is 2. The van der Waals surface area contributed by atoms with Gasteiger partial charge in [0.2, 0.25) is 17.5 Å². The number of ketones is 2. The zero-order valence-electron chi connectivity index (χ0n) is 16.3. The Bertz CT molecular complexity index is 963. The van der Waals surface area contributed by atoms with E-state index in [-0.39, 0.29) is 11.9 Å². The molecule has 6 heteroatoms. The molecule has 1 aliphatic carbocycles. The topological polar surface area (TPSA) is 89.5 Å². The minimum absolute atomic E-state index is 0.145. The van der Waals surface area contributed by atoms with E-state index in [1.54, 1.807) is 42.5 Å². The van der Waals surface area contributed by atoms with Gasteiger partial charge in [-0.2, -0.15) is 0 Å². The van der Waals surface area contributed by atoms with Crippen LogP contribution in [0.1, 0.15) is 59.2 Å². The highest BCUT2D eigenvalue weighted by Crippen LogP contribution is 2.38. The van der Waals surface area contributed by atoms with Gasteiger partial charge < -0.3 is 10.1 Å². The Balaban J connectivity index is 1.65. The molecule has 0 saturated heterocycles. The molecule has 29 heavy (non-hydrogen) atoms. The number of rotatable bonds is 8. The Morgan fingerprint density at radius 3 is 2.14 bits per heavy atom. The molecule has 1 amide bonds. The number of esters is 1. The van der Waals surface area contributed by atoms with Crippen molar-refractivity contribution in [2.75, 3.05) is 12.4 Å². The van der Waals surface area contributed by atoms with Crippen molar-refractivity contribution in [2.24, 2.45) is 0 Å². The lowest BCUT2D eigenvalue weighted by atomic mass is 9.83. The summed E-state index contributed by atoms with van der Waals surface area (Å²) < 4.78 is 4.60. The molecule has 0 radical (unpaired) electrons. The molecular weight excluding hydrogens is 370 g/mol. The smallest absolute Gasteiger partial charge is 0.305 e. The fourth-order valence-corrected chi connectivity index (χ4v) is 3.50. The molecule has 0 unspecified atom stereocenters. The summed E-state index contributed by atoms with van der Waals surface area (Å²) in [5.74, 6) is -1.44. The minimum atomic E-state index is -0.555.